The molecule has 1 amide bonds. The van der Waals surface area contributed by atoms with Crippen LogP contribution in [0.5, 0.6) is 0 Å². The molecule has 2 rings (SSSR count). The fraction of sp³-hybridized carbons (Fsp3) is 0.909. The number of amides is 1. The summed E-state index contributed by atoms with van der Waals surface area (Å²) in [7, 11) is 0. The maximum Gasteiger partial charge on any atom is 0.217 e. The third kappa shape index (κ3) is 2.80. The van der Waals surface area contributed by atoms with E-state index in [-0.39, 0.29) is 17.3 Å². The average molecular weight is 277 g/mol. The summed E-state index contributed by atoms with van der Waals surface area (Å²) in [6.45, 7) is 5.40. The van der Waals surface area contributed by atoms with Crippen LogP contribution in [0.1, 0.15) is 20.8 Å². The van der Waals surface area contributed by atoms with E-state index in [1.165, 1.54) is 6.92 Å². The molecular formula is C11H19NO5S. The van der Waals surface area contributed by atoms with Gasteiger partial charge in [-0.2, -0.15) is 12.6 Å². The summed E-state index contributed by atoms with van der Waals surface area (Å²) in [5, 5.41) is 12.1. The lowest BCUT2D eigenvalue weighted by Crippen LogP contribution is -2.46. The number of nitrogens with one attached hydrogen (secondary N) is 1. The first-order chi connectivity index (χ1) is 8.30. The first-order valence-electron chi connectivity index (χ1n) is 5.90. The van der Waals surface area contributed by atoms with Crippen LogP contribution < -0.4 is 5.32 Å². The lowest BCUT2D eigenvalue weighted by Gasteiger charge is -2.23. The second-order valence-electron chi connectivity index (χ2n) is 5.08. The van der Waals surface area contributed by atoms with Crippen LogP contribution in [-0.4, -0.2) is 53.2 Å². The van der Waals surface area contributed by atoms with E-state index in [0.29, 0.717) is 6.61 Å². The van der Waals surface area contributed by atoms with E-state index >= 15 is 0 Å². The third-order valence-corrected chi connectivity index (χ3v) is 3.69. The van der Waals surface area contributed by atoms with E-state index in [2.05, 4.69) is 17.9 Å². The monoisotopic (exact) mass is 277 g/mol. The summed E-state index contributed by atoms with van der Waals surface area (Å²) in [6.07, 6.45) is -1.79. The highest BCUT2D eigenvalue weighted by atomic mass is 32.1. The molecule has 0 bridgehead atoms. The Kier molecular flexibility index (Phi) is 3.89. The van der Waals surface area contributed by atoms with E-state index < -0.39 is 24.2 Å². The predicted octanol–water partition coefficient (Wildman–Crippen LogP) is -0.342. The van der Waals surface area contributed by atoms with Crippen LogP contribution >= 0.6 is 12.6 Å². The normalized spacial score (nSPS) is 43.1. The Morgan fingerprint density at radius 2 is 2.17 bits per heavy atom. The number of rotatable bonds is 2. The number of aliphatic hydroxyl groups is 1. The Morgan fingerprint density at radius 3 is 2.67 bits per heavy atom. The second kappa shape index (κ2) is 4.97. The molecule has 5 atom stereocenters. The lowest BCUT2D eigenvalue weighted by atomic mass is 10.1. The molecule has 0 saturated carbocycles. The van der Waals surface area contributed by atoms with Crippen molar-refractivity contribution in [1.82, 2.24) is 5.32 Å². The van der Waals surface area contributed by atoms with Crippen molar-refractivity contribution in [3.05, 3.63) is 0 Å². The van der Waals surface area contributed by atoms with Gasteiger partial charge in [-0.1, -0.05) is 0 Å². The Balaban J connectivity index is 2.02. The summed E-state index contributed by atoms with van der Waals surface area (Å²) in [6, 6.07) is -0.539. The van der Waals surface area contributed by atoms with E-state index in [4.69, 9.17) is 14.2 Å². The number of hydrogen-bond donors (Lipinski definition) is 3. The molecule has 2 aliphatic rings. The Labute approximate surface area is 111 Å². The molecule has 0 spiro atoms. The molecule has 2 N–H and O–H groups in total. The molecule has 104 valence electrons. The first-order valence-corrected chi connectivity index (χ1v) is 6.42. The van der Waals surface area contributed by atoms with Gasteiger partial charge in [0.05, 0.1) is 17.9 Å². The highest BCUT2D eigenvalue weighted by Crippen LogP contribution is 2.33. The van der Waals surface area contributed by atoms with Gasteiger partial charge >= 0.3 is 0 Å². The molecule has 7 heteroatoms. The van der Waals surface area contributed by atoms with Gasteiger partial charge in [0, 0.05) is 6.92 Å². The Bertz CT molecular complexity index is 337. The number of hydrogen-bond acceptors (Lipinski definition) is 6. The van der Waals surface area contributed by atoms with Crippen molar-refractivity contribution in [1.29, 1.82) is 0 Å². The summed E-state index contributed by atoms with van der Waals surface area (Å²) in [5.41, 5.74) is 0. The Hall–Kier alpha value is -0.340. The van der Waals surface area contributed by atoms with Crippen molar-refractivity contribution in [2.24, 2.45) is 0 Å². The molecule has 0 aromatic carbocycles. The van der Waals surface area contributed by atoms with Crippen molar-refractivity contribution in [3.8, 4) is 0 Å². The summed E-state index contributed by atoms with van der Waals surface area (Å²) in [4.78, 5) is 11.1. The van der Waals surface area contributed by atoms with Gasteiger partial charge in [0.1, 0.15) is 12.2 Å². The van der Waals surface area contributed by atoms with Crippen molar-refractivity contribution in [2.75, 3.05) is 6.61 Å². The molecule has 0 radical (unpaired) electrons. The van der Waals surface area contributed by atoms with Gasteiger partial charge in [0.25, 0.3) is 0 Å². The fourth-order valence-electron chi connectivity index (χ4n) is 2.28. The predicted molar refractivity (Wildman–Crippen MR) is 66.2 cm³/mol. The van der Waals surface area contributed by atoms with Gasteiger partial charge in [-0.25, -0.2) is 0 Å². The molecule has 18 heavy (non-hydrogen) atoms. The molecule has 6 nitrogen and oxygen atoms in total. The quantitative estimate of drug-likeness (QED) is 0.602. The topological polar surface area (TPSA) is 77.0 Å². The molecule has 2 aliphatic heterocycles. The van der Waals surface area contributed by atoms with Gasteiger partial charge in [-0.05, 0) is 13.8 Å². The molecule has 2 saturated heterocycles. The van der Waals surface area contributed by atoms with Crippen molar-refractivity contribution in [3.63, 3.8) is 0 Å². The van der Waals surface area contributed by atoms with Gasteiger partial charge in [0.15, 0.2) is 12.1 Å². The lowest BCUT2D eigenvalue weighted by molar-refractivity contribution is -0.170. The van der Waals surface area contributed by atoms with Crippen LogP contribution in [-0.2, 0) is 19.0 Å². The minimum Gasteiger partial charge on any atom is -0.366 e. The maximum atomic E-state index is 11.1. The van der Waals surface area contributed by atoms with E-state index in [0.717, 1.165) is 0 Å². The Morgan fingerprint density at radius 1 is 1.50 bits per heavy atom. The molecular weight excluding hydrogens is 258 g/mol. The molecule has 0 aliphatic carbocycles. The highest BCUT2D eigenvalue weighted by Gasteiger charge is 2.49. The zero-order valence-electron chi connectivity index (χ0n) is 10.6. The summed E-state index contributed by atoms with van der Waals surface area (Å²) in [5.74, 6) is -0.885. The largest absolute Gasteiger partial charge is 0.366 e. The van der Waals surface area contributed by atoms with Crippen molar-refractivity contribution >= 4 is 18.5 Å². The third-order valence-electron chi connectivity index (χ3n) is 3.08. The van der Waals surface area contributed by atoms with E-state index in [9.17, 15) is 9.90 Å². The van der Waals surface area contributed by atoms with Gasteiger partial charge in [-0.15, -0.1) is 0 Å². The summed E-state index contributed by atoms with van der Waals surface area (Å²) < 4.78 is 16.6. The zero-order chi connectivity index (χ0) is 13.5. The maximum absolute atomic E-state index is 11.1. The van der Waals surface area contributed by atoms with Gasteiger partial charge in [-0.3, -0.25) is 4.79 Å². The number of carbonyl (C=O) groups excluding carboxylic acids is 1. The standard InChI is InChI=1S/C11H19NO5S/c1-5(13)12-7-9(18)8(16-10(7)14)6-4-15-11(2,3)17-6/h6-10,14,18H,4H2,1-3H3,(H,12,13)/t6-,7+,8?,9-,10?/m1/s1. The molecule has 2 unspecified atom stereocenters. The van der Waals surface area contributed by atoms with E-state index in [1.54, 1.807) is 0 Å². The zero-order valence-corrected chi connectivity index (χ0v) is 11.5. The second-order valence-corrected chi connectivity index (χ2v) is 5.67. The molecule has 0 aromatic heterocycles. The van der Waals surface area contributed by atoms with Crippen LogP contribution in [0, 0.1) is 0 Å². The highest BCUT2D eigenvalue weighted by molar-refractivity contribution is 7.81. The number of carbonyl (C=O) groups is 1. The number of ether oxygens (including phenoxy) is 3. The van der Waals surface area contributed by atoms with Crippen LogP contribution in [0.2, 0.25) is 0 Å². The first kappa shape index (κ1) is 14.1. The van der Waals surface area contributed by atoms with Gasteiger partial charge in [0.2, 0.25) is 5.91 Å². The molecule has 0 aromatic rings. The smallest absolute Gasteiger partial charge is 0.217 e. The van der Waals surface area contributed by atoms with Crippen LogP contribution in [0.4, 0.5) is 0 Å². The SMILES string of the molecule is CC(=O)N[C@@H]1C(O)OC([C@H]2COC(C)(C)O2)[C@@H]1S. The van der Waals surface area contributed by atoms with Crippen molar-refractivity contribution in [2.45, 2.75) is 56.3 Å². The molecule has 2 fully saturated rings. The van der Waals surface area contributed by atoms with Crippen molar-refractivity contribution < 1.29 is 24.1 Å². The van der Waals surface area contributed by atoms with Crippen LogP contribution in [0.3, 0.4) is 0 Å². The van der Waals surface area contributed by atoms with Crippen LogP contribution in [0.15, 0.2) is 0 Å². The van der Waals surface area contributed by atoms with Gasteiger partial charge < -0.3 is 24.6 Å². The number of thiol groups is 1. The number of aliphatic hydroxyl groups excluding tert-OH is 1. The average Bonchev–Trinajstić information content (AvgIpc) is 2.72. The summed E-state index contributed by atoms with van der Waals surface area (Å²) >= 11 is 4.41. The molecule has 2 heterocycles. The van der Waals surface area contributed by atoms with Crippen LogP contribution in [0.25, 0.3) is 0 Å². The minimum atomic E-state index is -1.08. The van der Waals surface area contributed by atoms with E-state index in [1.807, 2.05) is 13.8 Å². The minimum absolute atomic E-state index is 0.230. The fourth-order valence-corrected chi connectivity index (χ4v) is 2.76.